The first-order valence-electron chi connectivity index (χ1n) is 6.17. The number of nitrogens with one attached hydrogen (secondary N) is 1. The molecule has 1 aliphatic heterocycles. The van der Waals surface area contributed by atoms with Gasteiger partial charge in [0.15, 0.2) is 0 Å². The Balaban J connectivity index is 0.00000147. The van der Waals surface area contributed by atoms with Gasteiger partial charge in [-0.25, -0.2) is 0 Å². The van der Waals surface area contributed by atoms with E-state index in [9.17, 15) is 0 Å². The number of morpholine rings is 1. The van der Waals surface area contributed by atoms with Crippen molar-refractivity contribution in [2.24, 2.45) is 0 Å². The van der Waals surface area contributed by atoms with Gasteiger partial charge in [-0.3, -0.25) is 0 Å². The van der Waals surface area contributed by atoms with Crippen molar-refractivity contribution in [3.8, 4) is 17.1 Å². The first kappa shape index (κ1) is 14.8. The second-order valence-electron chi connectivity index (χ2n) is 4.25. The Morgan fingerprint density at radius 1 is 1.30 bits per heavy atom. The largest absolute Gasteiger partial charge is 0.497 e. The molecule has 0 aliphatic carbocycles. The molecule has 0 saturated carbocycles. The van der Waals surface area contributed by atoms with E-state index in [1.54, 1.807) is 7.11 Å². The molecule has 1 aromatic heterocycles. The molecule has 0 unspecified atom stereocenters. The molecule has 2 aromatic rings. The number of benzene rings is 1. The minimum absolute atomic E-state index is 0. The molecule has 1 N–H and O–H groups in total. The van der Waals surface area contributed by atoms with Crippen LogP contribution >= 0.6 is 12.4 Å². The molecular formula is C13H16ClN3O3. The van der Waals surface area contributed by atoms with E-state index in [0.717, 1.165) is 17.9 Å². The predicted octanol–water partition coefficient (Wildman–Crippen LogP) is 1.83. The average Bonchev–Trinajstić information content (AvgIpc) is 2.98. The molecule has 1 atom stereocenters. The molecule has 6 nitrogen and oxygen atoms in total. The van der Waals surface area contributed by atoms with Gasteiger partial charge >= 0.3 is 0 Å². The topological polar surface area (TPSA) is 69.4 Å². The van der Waals surface area contributed by atoms with Gasteiger partial charge < -0.3 is 19.3 Å². The minimum Gasteiger partial charge on any atom is -0.497 e. The summed E-state index contributed by atoms with van der Waals surface area (Å²) < 4.78 is 15.9. The van der Waals surface area contributed by atoms with Crippen molar-refractivity contribution in [2.75, 3.05) is 26.8 Å². The Hall–Kier alpha value is -1.63. The highest BCUT2D eigenvalue weighted by atomic mass is 35.5. The molecule has 0 radical (unpaired) electrons. The Morgan fingerprint density at radius 3 is 2.75 bits per heavy atom. The average molecular weight is 298 g/mol. The monoisotopic (exact) mass is 297 g/mol. The van der Waals surface area contributed by atoms with Crippen LogP contribution in [0.4, 0.5) is 0 Å². The summed E-state index contributed by atoms with van der Waals surface area (Å²) in [5.41, 5.74) is 0.888. The number of halogens is 1. The lowest BCUT2D eigenvalue weighted by Crippen LogP contribution is -2.33. The van der Waals surface area contributed by atoms with Crippen molar-refractivity contribution >= 4 is 12.4 Å². The summed E-state index contributed by atoms with van der Waals surface area (Å²) in [5, 5.41) is 7.21. The standard InChI is InChI=1S/C13H15N3O3.ClH/c1-17-10-4-2-9(3-5-10)12-15-13(19-16-12)11-8-14-6-7-18-11;/h2-5,11,14H,6-8H2,1H3;1H/t11-;/m0./s1. The van der Waals surface area contributed by atoms with E-state index < -0.39 is 0 Å². The highest BCUT2D eigenvalue weighted by Gasteiger charge is 2.22. The molecule has 108 valence electrons. The summed E-state index contributed by atoms with van der Waals surface area (Å²) in [6.45, 7) is 2.21. The second kappa shape index (κ2) is 6.69. The molecule has 1 saturated heterocycles. The lowest BCUT2D eigenvalue weighted by Gasteiger charge is -2.19. The van der Waals surface area contributed by atoms with Crippen molar-refractivity contribution in [1.29, 1.82) is 0 Å². The summed E-state index contributed by atoms with van der Waals surface area (Å²) in [4.78, 5) is 4.38. The van der Waals surface area contributed by atoms with Gasteiger partial charge in [0.1, 0.15) is 11.9 Å². The highest BCUT2D eigenvalue weighted by Crippen LogP contribution is 2.23. The Labute approximate surface area is 122 Å². The van der Waals surface area contributed by atoms with Crippen molar-refractivity contribution in [1.82, 2.24) is 15.5 Å². The van der Waals surface area contributed by atoms with Crippen LogP contribution in [-0.2, 0) is 4.74 Å². The first-order valence-corrected chi connectivity index (χ1v) is 6.17. The third-order valence-electron chi connectivity index (χ3n) is 2.99. The molecule has 3 rings (SSSR count). The number of hydrogen-bond donors (Lipinski definition) is 1. The van der Waals surface area contributed by atoms with Gasteiger partial charge in [0.25, 0.3) is 5.89 Å². The summed E-state index contributed by atoms with van der Waals surface area (Å²) in [5.74, 6) is 1.87. The van der Waals surface area contributed by atoms with Crippen LogP contribution in [0.3, 0.4) is 0 Å². The maximum atomic E-state index is 5.57. The number of methoxy groups -OCH3 is 1. The maximum Gasteiger partial charge on any atom is 0.257 e. The zero-order chi connectivity index (χ0) is 13.1. The predicted molar refractivity (Wildman–Crippen MR) is 75.1 cm³/mol. The number of ether oxygens (including phenoxy) is 2. The Bertz CT molecular complexity index is 538. The van der Waals surface area contributed by atoms with Crippen molar-refractivity contribution in [2.45, 2.75) is 6.10 Å². The fourth-order valence-electron chi connectivity index (χ4n) is 1.95. The summed E-state index contributed by atoms with van der Waals surface area (Å²) in [6, 6.07) is 7.52. The SMILES string of the molecule is COc1ccc(-c2noc([C@@H]3CNCCO3)n2)cc1.Cl. The van der Waals surface area contributed by atoms with Crippen LogP contribution in [0, 0.1) is 0 Å². The number of hydrogen-bond acceptors (Lipinski definition) is 6. The maximum absolute atomic E-state index is 5.57. The van der Waals surface area contributed by atoms with Gasteiger partial charge in [0, 0.05) is 18.7 Å². The van der Waals surface area contributed by atoms with E-state index >= 15 is 0 Å². The summed E-state index contributed by atoms with van der Waals surface area (Å²) in [6.07, 6.45) is -0.159. The molecule has 2 heterocycles. The molecule has 1 aromatic carbocycles. The van der Waals surface area contributed by atoms with Gasteiger partial charge in [-0.1, -0.05) is 5.16 Å². The van der Waals surface area contributed by atoms with Crippen molar-refractivity contribution < 1.29 is 14.0 Å². The van der Waals surface area contributed by atoms with Gasteiger partial charge in [-0.05, 0) is 24.3 Å². The van der Waals surface area contributed by atoms with Gasteiger partial charge in [-0.2, -0.15) is 4.98 Å². The first-order chi connectivity index (χ1) is 9.36. The van der Waals surface area contributed by atoms with Crippen LogP contribution in [0.5, 0.6) is 5.75 Å². The molecule has 20 heavy (non-hydrogen) atoms. The lowest BCUT2D eigenvalue weighted by atomic mass is 10.2. The van der Waals surface area contributed by atoms with Crippen LogP contribution in [0.1, 0.15) is 12.0 Å². The van der Waals surface area contributed by atoms with Crippen LogP contribution < -0.4 is 10.1 Å². The molecule has 1 aliphatic rings. The van der Waals surface area contributed by atoms with Gasteiger partial charge in [0.2, 0.25) is 5.82 Å². The smallest absolute Gasteiger partial charge is 0.257 e. The van der Waals surface area contributed by atoms with E-state index in [2.05, 4.69) is 15.5 Å². The number of rotatable bonds is 3. The lowest BCUT2D eigenvalue weighted by molar-refractivity contribution is 0.00755. The molecular weight excluding hydrogens is 282 g/mol. The van der Waals surface area contributed by atoms with Crippen LogP contribution in [0.2, 0.25) is 0 Å². The van der Waals surface area contributed by atoms with E-state index in [1.165, 1.54) is 0 Å². The molecule has 0 amide bonds. The molecule has 7 heteroatoms. The van der Waals surface area contributed by atoms with Crippen molar-refractivity contribution in [3.63, 3.8) is 0 Å². The van der Waals surface area contributed by atoms with Gasteiger partial charge in [-0.15, -0.1) is 12.4 Å². The van der Waals surface area contributed by atoms with Crippen LogP contribution in [0.15, 0.2) is 28.8 Å². The zero-order valence-corrected chi connectivity index (χ0v) is 11.9. The molecule has 1 fully saturated rings. The van der Waals surface area contributed by atoms with E-state index in [1.807, 2.05) is 24.3 Å². The summed E-state index contributed by atoms with van der Waals surface area (Å²) in [7, 11) is 1.63. The molecule has 0 spiro atoms. The van der Waals surface area contributed by atoms with Crippen LogP contribution in [-0.4, -0.2) is 36.9 Å². The number of nitrogens with zero attached hydrogens (tertiary/aromatic N) is 2. The Kier molecular flexibility index (Phi) is 4.94. The van der Waals surface area contributed by atoms with Gasteiger partial charge in [0.05, 0.1) is 13.7 Å². The quantitative estimate of drug-likeness (QED) is 0.932. The number of aromatic nitrogens is 2. The normalized spacial score (nSPS) is 18.4. The third-order valence-corrected chi connectivity index (χ3v) is 2.99. The minimum atomic E-state index is -0.159. The van der Waals surface area contributed by atoms with Crippen LogP contribution in [0.25, 0.3) is 11.4 Å². The van der Waals surface area contributed by atoms with E-state index in [0.29, 0.717) is 24.9 Å². The van der Waals surface area contributed by atoms with Crippen molar-refractivity contribution in [3.05, 3.63) is 30.2 Å². The molecule has 0 bridgehead atoms. The Morgan fingerprint density at radius 2 is 2.10 bits per heavy atom. The highest BCUT2D eigenvalue weighted by molar-refractivity contribution is 5.85. The second-order valence-corrected chi connectivity index (χ2v) is 4.25. The zero-order valence-electron chi connectivity index (χ0n) is 11.0. The third kappa shape index (κ3) is 3.09. The fraction of sp³-hybridized carbons (Fsp3) is 0.385. The fourth-order valence-corrected chi connectivity index (χ4v) is 1.95. The van der Waals surface area contributed by atoms with E-state index in [4.69, 9.17) is 14.0 Å². The van der Waals surface area contributed by atoms with E-state index in [-0.39, 0.29) is 18.5 Å². The summed E-state index contributed by atoms with van der Waals surface area (Å²) >= 11 is 0.